The van der Waals surface area contributed by atoms with Gasteiger partial charge in [-0.1, -0.05) is 100 Å². The van der Waals surface area contributed by atoms with Crippen LogP contribution in [0.3, 0.4) is 0 Å². The van der Waals surface area contributed by atoms with Crippen molar-refractivity contribution < 1.29 is 9.15 Å². The van der Waals surface area contributed by atoms with Gasteiger partial charge >= 0.3 is 0 Å². The Morgan fingerprint density at radius 1 is 0.623 bits per heavy atom. The van der Waals surface area contributed by atoms with Gasteiger partial charge in [-0.15, -0.1) is 0 Å². The van der Waals surface area contributed by atoms with E-state index in [0.717, 1.165) is 88.8 Å². The Labute approximate surface area is 352 Å². The van der Waals surface area contributed by atoms with Gasteiger partial charge in [-0.3, -0.25) is 14.0 Å². The predicted octanol–water partition coefficient (Wildman–Crippen LogP) is 13.7. The average molecular weight is 794 g/mol. The largest absolute Gasteiger partial charge is 0.457 e. The van der Waals surface area contributed by atoms with Crippen LogP contribution in [0.1, 0.15) is 61.4 Å². The summed E-state index contributed by atoms with van der Waals surface area (Å²) in [7, 11) is 0. The number of nitrogens with zero attached hydrogens (tertiary/aromatic N) is 5. The normalized spacial score (nSPS) is 15.8. The number of hydrogen-bond donors (Lipinski definition) is 0. The first kappa shape index (κ1) is 35.7. The molecule has 61 heavy (non-hydrogen) atoms. The lowest BCUT2D eigenvalue weighted by atomic mass is 9.67. The van der Waals surface area contributed by atoms with E-state index in [1.54, 1.807) is 0 Å². The van der Waals surface area contributed by atoms with Gasteiger partial charge in [-0.05, 0) is 118 Å². The maximum absolute atomic E-state index is 6.99. The van der Waals surface area contributed by atoms with E-state index >= 15 is 0 Å². The van der Waals surface area contributed by atoms with Gasteiger partial charge in [0.05, 0.1) is 27.8 Å². The van der Waals surface area contributed by atoms with Gasteiger partial charge in [0.2, 0.25) is 5.78 Å². The highest BCUT2D eigenvalue weighted by Crippen LogP contribution is 2.59. The van der Waals surface area contributed by atoms with E-state index in [-0.39, 0.29) is 16.7 Å². The van der Waals surface area contributed by atoms with Crippen molar-refractivity contribution in [1.82, 2.24) is 23.9 Å². The summed E-state index contributed by atoms with van der Waals surface area (Å²) in [5.41, 5.74) is 13.2. The van der Waals surface area contributed by atoms with Gasteiger partial charge in [0.25, 0.3) is 0 Å². The number of hydrogen-bond acceptors (Lipinski definition) is 5. The van der Waals surface area contributed by atoms with Crippen molar-refractivity contribution >= 4 is 60.6 Å². The zero-order valence-corrected chi connectivity index (χ0v) is 35.0. The van der Waals surface area contributed by atoms with Crippen LogP contribution in [-0.2, 0) is 10.8 Å². The monoisotopic (exact) mass is 793 g/mol. The molecule has 0 bridgehead atoms. The van der Waals surface area contributed by atoms with E-state index in [1.807, 2.05) is 18.3 Å². The van der Waals surface area contributed by atoms with Crippen molar-refractivity contribution in [2.75, 3.05) is 0 Å². The first-order valence-electron chi connectivity index (χ1n) is 21.0. The summed E-state index contributed by atoms with van der Waals surface area (Å²) in [6, 6.07) is 46.8. The molecule has 5 aromatic heterocycles. The van der Waals surface area contributed by atoms with E-state index in [9.17, 15) is 0 Å². The fourth-order valence-electron chi connectivity index (χ4n) is 10.7. The van der Waals surface area contributed by atoms with Gasteiger partial charge in [0, 0.05) is 40.7 Å². The fraction of sp³-hybridized carbons (Fsp3) is 0.167. The number of fused-ring (bicyclic) bond motifs is 11. The molecular weight excluding hydrogens is 751 g/mol. The number of aryl methyl sites for hydroxylation is 2. The Hall–Kier alpha value is -7.25. The van der Waals surface area contributed by atoms with Gasteiger partial charge < -0.3 is 9.15 Å². The SMILES string of the molecule is Cc1cnc(-n2c3cc(Oc4cc(-c5cc6c(cn5)C(C)(C)C(c5ccccc5)C6(C)C)c5oc6ccc7ccccc7c6c5c4)ccc3n3c4ccccc4nc23)cc1C. The van der Waals surface area contributed by atoms with E-state index < -0.39 is 0 Å². The molecule has 0 fully saturated rings. The number of para-hydroxylation sites is 2. The predicted molar refractivity (Wildman–Crippen MR) is 247 cm³/mol. The third kappa shape index (κ3) is 5.13. The molecular formula is C54H43N5O2. The van der Waals surface area contributed by atoms with E-state index in [0.29, 0.717) is 11.5 Å². The Morgan fingerprint density at radius 3 is 2.26 bits per heavy atom. The van der Waals surface area contributed by atoms with Crippen LogP contribution in [0, 0.1) is 13.8 Å². The molecule has 0 saturated carbocycles. The van der Waals surface area contributed by atoms with Gasteiger partial charge in [0.1, 0.15) is 28.5 Å². The number of ether oxygens (including phenoxy) is 1. The molecule has 7 nitrogen and oxygen atoms in total. The molecule has 0 aliphatic heterocycles. The molecule has 11 aromatic rings. The summed E-state index contributed by atoms with van der Waals surface area (Å²) in [6.45, 7) is 13.7. The van der Waals surface area contributed by atoms with E-state index in [4.69, 9.17) is 24.1 Å². The first-order valence-corrected chi connectivity index (χ1v) is 21.0. The molecule has 296 valence electrons. The number of furan rings is 1. The topological polar surface area (TPSA) is 70.4 Å². The Kier molecular flexibility index (Phi) is 7.39. The average Bonchev–Trinajstić information content (AvgIpc) is 3.96. The molecule has 0 N–H and O–H groups in total. The Balaban J connectivity index is 1.06. The van der Waals surface area contributed by atoms with Crippen LogP contribution in [0.5, 0.6) is 11.5 Å². The standard InChI is InChI=1S/C54H43N5O2/c1-31-24-48(56-29-32(31)2)59-46-27-35(21-22-45(46)58-44-19-13-12-18-42(44)57-52(58)59)60-36-25-38(50-39(26-36)49-37-17-11-10-14-33(37)20-23-47(49)61-50)43-28-40-41(30-55-43)54(5,6)51(53(40,3)4)34-15-8-7-9-16-34/h7-30,51H,1-6H3. The summed E-state index contributed by atoms with van der Waals surface area (Å²) < 4.78 is 18.2. The summed E-state index contributed by atoms with van der Waals surface area (Å²) >= 11 is 0. The lowest BCUT2D eigenvalue weighted by Crippen LogP contribution is -2.31. The van der Waals surface area contributed by atoms with Crippen LogP contribution in [-0.4, -0.2) is 23.9 Å². The second kappa shape index (κ2) is 12.6. The summed E-state index contributed by atoms with van der Waals surface area (Å²) in [4.78, 5) is 15.3. The third-order valence-electron chi connectivity index (χ3n) is 13.6. The minimum absolute atomic E-state index is 0.124. The number of aromatic nitrogens is 5. The molecule has 0 radical (unpaired) electrons. The molecule has 5 heterocycles. The first-order chi connectivity index (χ1) is 29.6. The molecule has 0 spiro atoms. The molecule has 1 aliphatic rings. The second-order valence-corrected chi connectivity index (χ2v) is 18.0. The maximum Gasteiger partial charge on any atom is 0.221 e. The van der Waals surface area contributed by atoms with Crippen LogP contribution in [0.15, 0.2) is 150 Å². The minimum atomic E-state index is -0.157. The molecule has 12 rings (SSSR count). The number of benzene rings is 6. The van der Waals surface area contributed by atoms with Gasteiger partial charge in [-0.2, -0.15) is 0 Å². The van der Waals surface area contributed by atoms with Crippen molar-refractivity contribution in [3.05, 3.63) is 174 Å². The van der Waals surface area contributed by atoms with Crippen molar-refractivity contribution in [2.24, 2.45) is 0 Å². The second-order valence-electron chi connectivity index (χ2n) is 18.0. The zero-order chi connectivity index (χ0) is 41.4. The number of imidazole rings is 2. The molecule has 1 aliphatic carbocycles. The Morgan fingerprint density at radius 2 is 1.41 bits per heavy atom. The van der Waals surface area contributed by atoms with Crippen LogP contribution in [0.2, 0.25) is 0 Å². The molecule has 0 amide bonds. The summed E-state index contributed by atoms with van der Waals surface area (Å²) in [6.07, 6.45) is 4.04. The van der Waals surface area contributed by atoms with Crippen LogP contribution in [0.25, 0.3) is 77.6 Å². The molecule has 1 atom stereocenters. The van der Waals surface area contributed by atoms with Crippen molar-refractivity contribution in [3.8, 4) is 28.6 Å². The van der Waals surface area contributed by atoms with E-state index in [1.165, 1.54) is 16.7 Å². The third-order valence-corrected chi connectivity index (χ3v) is 13.6. The molecule has 7 heteroatoms. The maximum atomic E-state index is 6.99. The number of pyridine rings is 2. The lowest BCUT2D eigenvalue weighted by Gasteiger charge is -2.36. The zero-order valence-electron chi connectivity index (χ0n) is 35.0. The molecule has 1 unspecified atom stereocenters. The van der Waals surface area contributed by atoms with Gasteiger partial charge in [0.15, 0.2) is 0 Å². The minimum Gasteiger partial charge on any atom is -0.457 e. The van der Waals surface area contributed by atoms with Gasteiger partial charge in [-0.25, -0.2) is 9.97 Å². The van der Waals surface area contributed by atoms with Crippen LogP contribution in [0.4, 0.5) is 0 Å². The van der Waals surface area contributed by atoms with Crippen molar-refractivity contribution in [3.63, 3.8) is 0 Å². The highest BCUT2D eigenvalue weighted by atomic mass is 16.5. The van der Waals surface area contributed by atoms with Crippen molar-refractivity contribution in [1.29, 1.82) is 0 Å². The number of rotatable bonds is 5. The Bertz CT molecular complexity index is 3610. The fourth-order valence-corrected chi connectivity index (χ4v) is 10.7. The van der Waals surface area contributed by atoms with E-state index in [2.05, 4.69) is 178 Å². The highest BCUT2D eigenvalue weighted by molar-refractivity contribution is 6.21. The molecule has 6 aromatic carbocycles. The lowest BCUT2D eigenvalue weighted by molar-refractivity contribution is 0.330. The smallest absolute Gasteiger partial charge is 0.221 e. The van der Waals surface area contributed by atoms with Crippen LogP contribution < -0.4 is 4.74 Å². The summed E-state index contributed by atoms with van der Waals surface area (Å²) in [5.74, 6) is 3.27. The summed E-state index contributed by atoms with van der Waals surface area (Å²) in [5, 5.41) is 4.33. The van der Waals surface area contributed by atoms with Crippen LogP contribution >= 0.6 is 0 Å². The quantitative estimate of drug-likeness (QED) is 0.174. The molecule has 0 saturated heterocycles. The highest BCUT2D eigenvalue weighted by Gasteiger charge is 2.52. The van der Waals surface area contributed by atoms with Crippen molar-refractivity contribution in [2.45, 2.75) is 58.3 Å².